The molecule has 0 heterocycles. The second-order valence-corrected chi connectivity index (χ2v) is 3.59. The van der Waals surface area contributed by atoms with Crippen LogP contribution in [0.4, 0.5) is 0 Å². The van der Waals surface area contributed by atoms with Crippen LogP contribution in [0.2, 0.25) is 0 Å². The van der Waals surface area contributed by atoms with Crippen LogP contribution in [0.25, 0.3) is 0 Å². The number of rotatable bonds is 0. The molecule has 0 radical (unpaired) electrons. The van der Waals surface area contributed by atoms with Crippen LogP contribution in [0, 0.1) is 11.8 Å². The first kappa shape index (κ1) is 7.11. The van der Waals surface area contributed by atoms with Crippen LogP contribution in [-0.2, 0) is 0 Å². The minimum absolute atomic E-state index is 0.993. The highest BCUT2D eigenvalue weighted by Gasteiger charge is 2.14. The molecule has 0 nitrogen and oxygen atoms in total. The Hall–Kier alpha value is 0. The predicted molar refractivity (Wildman–Crippen MR) is 41.4 cm³/mol. The monoisotopic (exact) mass is 126 g/mol. The molecule has 2 atom stereocenters. The summed E-state index contributed by atoms with van der Waals surface area (Å²) in [5.41, 5.74) is 0. The first-order valence-corrected chi connectivity index (χ1v) is 4.30. The topological polar surface area (TPSA) is 0 Å². The van der Waals surface area contributed by atoms with Gasteiger partial charge in [-0.1, -0.05) is 46.0 Å². The molecule has 0 heteroatoms. The van der Waals surface area contributed by atoms with Crippen LogP contribution < -0.4 is 0 Å². The van der Waals surface area contributed by atoms with Gasteiger partial charge in [-0.05, 0) is 11.8 Å². The van der Waals surface area contributed by atoms with E-state index in [2.05, 4.69) is 13.8 Å². The highest BCUT2D eigenvalue weighted by Crippen LogP contribution is 2.27. The molecule has 1 rings (SSSR count). The van der Waals surface area contributed by atoms with Gasteiger partial charge in [0.05, 0.1) is 0 Å². The Morgan fingerprint density at radius 2 is 1.22 bits per heavy atom. The van der Waals surface area contributed by atoms with Crippen LogP contribution in [0.3, 0.4) is 0 Å². The lowest BCUT2D eigenvalue weighted by molar-refractivity contribution is 0.367. The summed E-state index contributed by atoms with van der Waals surface area (Å²) in [5, 5.41) is 0. The lowest BCUT2D eigenvalue weighted by Crippen LogP contribution is -2.04. The molecule has 1 saturated carbocycles. The van der Waals surface area contributed by atoms with Gasteiger partial charge in [0.1, 0.15) is 0 Å². The van der Waals surface area contributed by atoms with E-state index in [0.29, 0.717) is 0 Å². The van der Waals surface area contributed by atoms with Crippen LogP contribution in [-0.4, -0.2) is 0 Å². The van der Waals surface area contributed by atoms with E-state index in [9.17, 15) is 0 Å². The van der Waals surface area contributed by atoms with Gasteiger partial charge in [0.25, 0.3) is 0 Å². The Morgan fingerprint density at radius 3 is 1.67 bits per heavy atom. The fraction of sp³-hybridized carbons (Fsp3) is 1.00. The first-order chi connectivity index (χ1) is 4.30. The molecule has 0 aromatic carbocycles. The van der Waals surface area contributed by atoms with Crippen molar-refractivity contribution in [3.05, 3.63) is 0 Å². The maximum Gasteiger partial charge on any atom is -0.0417 e. The van der Waals surface area contributed by atoms with Crippen molar-refractivity contribution in [1.82, 2.24) is 0 Å². The molecule has 0 aromatic rings. The summed E-state index contributed by atoms with van der Waals surface area (Å²) in [6.45, 7) is 4.80. The lowest BCUT2D eigenvalue weighted by Gasteiger charge is -2.14. The molecule has 0 amide bonds. The molecule has 1 aliphatic carbocycles. The molecule has 1 aliphatic rings. The average Bonchev–Trinajstić information content (AvgIpc) is 1.99. The SMILES string of the molecule is C[C@H]1CCCCC[C@@H]1C. The van der Waals surface area contributed by atoms with Gasteiger partial charge in [0.2, 0.25) is 0 Å². The molecule has 0 bridgehead atoms. The third kappa shape index (κ3) is 2.00. The van der Waals surface area contributed by atoms with Crippen LogP contribution >= 0.6 is 0 Å². The van der Waals surface area contributed by atoms with Gasteiger partial charge in [-0.15, -0.1) is 0 Å². The zero-order valence-electron chi connectivity index (χ0n) is 6.69. The summed E-state index contributed by atoms with van der Waals surface area (Å²) in [7, 11) is 0. The van der Waals surface area contributed by atoms with E-state index in [1.165, 1.54) is 32.1 Å². The predicted octanol–water partition coefficient (Wildman–Crippen LogP) is 3.22. The minimum Gasteiger partial charge on any atom is -0.0623 e. The molecule has 54 valence electrons. The molecule has 0 aromatic heterocycles. The standard InChI is InChI=1S/C9H18/c1-8-6-4-3-5-7-9(8)2/h8-9H,3-7H2,1-2H3/t8-,9-/m0/s1. The molecular formula is C9H18. The highest BCUT2D eigenvalue weighted by molar-refractivity contribution is 4.66. The Labute approximate surface area is 58.7 Å². The number of hydrogen-bond acceptors (Lipinski definition) is 0. The Balaban J connectivity index is 2.32. The van der Waals surface area contributed by atoms with Crippen molar-refractivity contribution < 1.29 is 0 Å². The maximum absolute atomic E-state index is 2.40. The first-order valence-electron chi connectivity index (χ1n) is 4.30. The van der Waals surface area contributed by atoms with Crippen molar-refractivity contribution >= 4 is 0 Å². The van der Waals surface area contributed by atoms with E-state index in [1.807, 2.05) is 0 Å². The Kier molecular flexibility index (Phi) is 2.56. The van der Waals surface area contributed by atoms with Crippen LogP contribution in [0.5, 0.6) is 0 Å². The summed E-state index contributed by atoms with van der Waals surface area (Å²) in [6, 6.07) is 0. The highest BCUT2D eigenvalue weighted by atomic mass is 14.2. The van der Waals surface area contributed by atoms with E-state index < -0.39 is 0 Å². The van der Waals surface area contributed by atoms with Crippen LogP contribution in [0.1, 0.15) is 46.0 Å². The zero-order chi connectivity index (χ0) is 6.69. The molecule has 0 N–H and O–H groups in total. The van der Waals surface area contributed by atoms with Crippen molar-refractivity contribution in [1.29, 1.82) is 0 Å². The smallest absolute Gasteiger partial charge is 0.0417 e. The maximum atomic E-state index is 2.40. The van der Waals surface area contributed by atoms with E-state index in [-0.39, 0.29) is 0 Å². The van der Waals surface area contributed by atoms with Crippen molar-refractivity contribution in [2.45, 2.75) is 46.0 Å². The second-order valence-electron chi connectivity index (χ2n) is 3.59. The molecule has 1 fully saturated rings. The van der Waals surface area contributed by atoms with E-state index in [1.54, 1.807) is 0 Å². The van der Waals surface area contributed by atoms with Crippen molar-refractivity contribution in [2.24, 2.45) is 11.8 Å². The van der Waals surface area contributed by atoms with Gasteiger partial charge >= 0.3 is 0 Å². The largest absolute Gasteiger partial charge is 0.0623 e. The van der Waals surface area contributed by atoms with Gasteiger partial charge in [-0.25, -0.2) is 0 Å². The van der Waals surface area contributed by atoms with Gasteiger partial charge in [-0.2, -0.15) is 0 Å². The number of hydrogen-bond donors (Lipinski definition) is 0. The van der Waals surface area contributed by atoms with Gasteiger partial charge < -0.3 is 0 Å². The van der Waals surface area contributed by atoms with Gasteiger partial charge in [0, 0.05) is 0 Å². The fourth-order valence-electron chi connectivity index (χ4n) is 1.68. The summed E-state index contributed by atoms with van der Waals surface area (Å²) in [4.78, 5) is 0. The van der Waals surface area contributed by atoms with E-state index in [4.69, 9.17) is 0 Å². The Bertz CT molecular complexity index is 66.1. The minimum atomic E-state index is 0.993. The molecular weight excluding hydrogens is 108 g/mol. The quantitative estimate of drug-likeness (QED) is 0.437. The molecule has 9 heavy (non-hydrogen) atoms. The summed E-state index contributed by atoms with van der Waals surface area (Å²) >= 11 is 0. The van der Waals surface area contributed by atoms with E-state index in [0.717, 1.165) is 11.8 Å². The van der Waals surface area contributed by atoms with Gasteiger partial charge in [-0.3, -0.25) is 0 Å². The van der Waals surface area contributed by atoms with Crippen molar-refractivity contribution in [3.8, 4) is 0 Å². The molecule has 0 unspecified atom stereocenters. The summed E-state index contributed by atoms with van der Waals surface area (Å²) in [6.07, 6.45) is 7.38. The van der Waals surface area contributed by atoms with Gasteiger partial charge in [0.15, 0.2) is 0 Å². The van der Waals surface area contributed by atoms with E-state index >= 15 is 0 Å². The lowest BCUT2D eigenvalue weighted by atomic mass is 9.92. The summed E-state index contributed by atoms with van der Waals surface area (Å²) in [5.74, 6) is 1.99. The molecule has 0 spiro atoms. The summed E-state index contributed by atoms with van der Waals surface area (Å²) < 4.78 is 0. The Morgan fingerprint density at radius 1 is 0.778 bits per heavy atom. The third-order valence-electron chi connectivity index (χ3n) is 2.79. The zero-order valence-corrected chi connectivity index (χ0v) is 6.69. The van der Waals surface area contributed by atoms with Crippen molar-refractivity contribution in [3.63, 3.8) is 0 Å². The van der Waals surface area contributed by atoms with Crippen molar-refractivity contribution in [2.75, 3.05) is 0 Å². The normalized spacial score (nSPS) is 38.0. The molecule has 0 saturated heterocycles. The second kappa shape index (κ2) is 3.24. The third-order valence-corrected chi connectivity index (χ3v) is 2.79. The van der Waals surface area contributed by atoms with Crippen LogP contribution in [0.15, 0.2) is 0 Å². The fourth-order valence-corrected chi connectivity index (χ4v) is 1.68. The molecule has 0 aliphatic heterocycles. The average molecular weight is 126 g/mol.